The number of hydrogen-bond donors (Lipinski definition) is 1. The average Bonchev–Trinajstić information content (AvgIpc) is 2.43. The molecule has 0 saturated heterocycles. The number of hydrogen-bond acceptors (Lipinski definition) is 3. The van der Waals surface area contributed by atoms with Gasteiger partial charge < -0.3 is 10.1 Å². The summed E-state index contributed by atoms with van der Waals surface area (Å²) in [4.78, 5) is 12.1. The third kappa shape index (κ3) is 4.64. The van der Waals surface area contributed by atoms with E-state index in [4.69, 9.17) is 28.6 Å². The van der Waals surface area contributed by atoms with Crippen LogP contribution in [0.5, 0.6) is 0 Å². The van der Waals surface area contributed by atoms with Crippen LogP contribution in [0.2, 0.25) is 5.02 Å². The molecule has 1 aromatic carbocycles. The van der Waals surface area contributed by atoms with Crippen LogP contribution in [0.1, 0.15) is 32.8 Å². The largest absolute Gasteiger partial charge is 0.490 e. The van der Waals surface area contributed by atoms with Gasteiger partial charge in [0.05, 0.1) is 12.8 Å². The molecule has 0 aromatic heterocycles. The fourth-order valence-corrected chi connectivity index (χ4v) is 1.88. The summed E-state index contributed by atoms with van der Waals surface area (Å²) < 4.78 is 18.9. The molecule has 0 unspecified atom stereocenters. The standard InChI is InChI=1S/C15H19ClFNO2S/c1-5-15(2,3)14(19)18-12-6-9(7-13(21)20-4)10(16)8-11(12)17/h6,8H,5,7H2,1-4H3,(H,18,19). The zero-order valence-electron chi connectivity index (χ0n) is 12.5. The number of ether oxygens (including phenoxy) is 1. The van der Waals surface area contributed by atoms with E-state index < -0.39 is 11.2 Å². The normalized spacial score (nSPS) is 11.1. The number of nitrogens with one attached hydrogen (secondary N) is 1. The highest BCUT2D eigenvalue weighted by atomic mass is 35.5. The van der Waals surface area contributed by atoms with Gasteiger partial charge in [0, 0.05) is 16.9 Å². The number of anilines is 1. The smallest absolute Gasteiger partial charge is 0.230 e. The van der Waals surface area contributed by atoms with Crippen LogP contribution >= 0.6 is 23.8 Å². The Morgan fingerprint density at radius 3 is 2.62 bits per heavy atom. The van der Waals surface area contributed by atoms with E-state index in [1.54, 1.807) is 13.8 Å². The van der Waals surface area contributed by atoms with Gasteiger partial charge in [0.1, 0.15) is 5.82 Å². The first-order chi connectivity index (χ1) is 9.71. The number of rotatable bonds is 5. The van der Waals surface area contributed by atoms with Gasteiger partial charge in [-0.05, 0) is 36.3 Å². The fraction of sp³-hybridized carbons (Fsp3) is 0.467. The van der Waals surface area contributed by atoms with Gasteiger partial charge >= 0.3 is 0 Å². The van der Waals surface area contributed by atoms with Crippen LogP contribution < -0.4 is 5.32 Å². The van der Waals surface area contributed by atoms with Crippen molar-refractivity contribution >= 4 is 40.5 Å². The summed E-state index contributed by atoms with van der Waals surface area (Å²) in [6.07, 6.45) is 0.930. The maximum Gasteiger partial charge on any atom is 0.230 e. The molecular formula is C15H19ClFNO2S. The number of thiocarbonyl (C=S) groups is 1. The quantitative estimate of drug-likeness (QED) is 0.814. The summed E-state index contributed by atoms with van der Waals surface area (Å²) in [6, 6.07) is 2.66. The summed E-state index contributed by atoms with van der Waals surface area (Å²) in [5.74, 6) is -0.821. The van der Waals surface area contributed by atoms with Crippen LogP contribution in [-0.4, -0.2) is 18.1 Å². The van der Waals surface area contributed by atoms with E-state index >= 15 is 0 Å². The predicted octanol–water partition coefficient (Wildman–Crippen LogP) is 4.37. The van der Waals surface area contributed by atoms with Crippen LogP contribution in [0.25, 0.3) is 0 Å². The lowest BCUT2D eigenvalue weighted by Gasteiger charge is -2.22. The van der Waals surface area contributed by atoms with E-state index in [0.29, 0.717) is 17.0 Å². The van der Waals surface area contributed by atoms with Crippen molar-refractivity contribution in [2.24, 2.45) is 5.41 Å². The van der Waals surface area contributed by atoms with Crippen molar-refractivity contribution in [1.29, 1.82) is 0 Å². The van der Waals surface area contributed by atoms with Gasteiger partial charge in [-0.1, -0.05) is 32.4 Å². The molecular weight excluding hydrogens is 313 g/mol. The number of benzene rings is 1. The lowest BCUT2D eigenvalue weighted by molar-refractivity contribution is -0.124. The van der Waals surface area contributed by atoms with E-state index in [9.17, 15) is 9.18 Å². The predicted molar refractivity (Wildman–Crippen MR) is 87.4 cm³/mol. The maximum atomic E-state index is 13.9. The van der Waals surface area contributed by atoms with Crippen molar-refractivity contribution in [3.63, 3.8) is 0 Å². The maximum absolute atomic E-state index is 13.9. The minimum Gasteiger partial charge on any atom is -0.490 e. The van der Waals surface area contributed by atoms with E-state index in [0.717, 1.165) is 0 Å². The Bertz CT molecular complexity index is 561. The summed E-state index contributed by atoms with van der Waals surface area (Å²) in [7, 11) is 1.46. The molecule has 0 heterocycles. The number of carbonyl (C=O) groups excluding carboxylic acids is 1. The molecule has 0 aliphatic rings. The lowest BCUT2D eigenvalue weighted by atomic mass is 9.89. The first-order valence-electron chi connectivity index (χ1n) is 6.57. The molecule has 3 nitrogen and oxygen atoms in total. The molecule has 0 radical (unpaired) electrons. The van der Waals surface area contributed by atoms with Gasteiger partial charge in [-0.2, -0.15) is 0 Å². The Morgan fingerprint density at radius 1 is 1.48 bits per heavy atom. The Hall–Kier alpha value is -1.20. The molecule has 116 valence electrons. The molecule has 1 rings (SSSR count). The molecule has 1 aromatic rings. The van der Waals surface area contributed by atoms with Gasteiger partial charge in [-0.25, -0.2) is 4.39 Å². The number of carbonyl (C=O) groups is 1. The Morgan fingerprint density at radius 2 is 2.10 bits per heavy atom. The van der Waals surface area contributed by atoms with Gasteiger partial charge in [-0.3, -0.25) is 4.79 Å². The van der Waals surface area contributed by atoms with Crippen molar-refractivity contribution in [1.82, 2.24) is 0 Å². The van der Waals surface area contributed by atoms with E-state index in [1.165, 1.54) is 19.2 Å². The minimum atomic E-state index is -0.577. The molecule has 6 heteroatoms. The highest BCUT2D eigenvalue weighted by Gasteiger charge is 2.26. The second-order valence-electron chi connectivity index (χ2n) is 5.37. The zero-order chi connectivity index (χ0) is 16.2. The van der Waals surface area contributed by atoms with Crippen molar-refractivity contribution < 1.29 is 13.9 Å². The topological polar surface area (TPSA) is 38.3 Å². The summed E-state index contributed by atoms with van der Waals surface area (Å²) in [5, 5.41) is 3.20. The highest BCUT2D eigenvalue weighted by Crippen LogP contribution is 2.28. The molecule has 1 amide bonds. The number of methoxy groups -OCH3 is 1. The molecule has 0 aliphatic carbocycles. The zero-order valence-corrected chi connectivity index (χ0v) is 14.1. The molecule has 0 bridgehead atoms. The number of halogens is 2. The Labute approximate surface area is 134 Å². The van der Waals surface area contributed by atoms with Crippen LogP contribution in [-0.2, 0) is 16.0 Å². The van der Waals surface area contributed by atoms with Crippen LogP contribution in [0.3, 0.4) is 0 Å². The van der Waals surface area contributed by atoms with E-state index in [-0.39, 0.29) is 23.0 Å². The molecule has 0 fully saturated rings. The first kappa shape index (κ1) is 17.9. The van der Waals surface area contributed by atoms with Crippen molar-refractivity contribution in [2.45, 2.75) is 33.6 Å². The van der Waals surface area contributed by atoms with Gasteiger partial charge in [-0.15, -0.1) is 0 Å². The lowest BCUT2D eigenvalue weighted by Crippen LogP contribution is -2.30. The summed E-state index contributed by atoms with van der Waals surface area (Å²) in [5.41, 5.74) is 0.128. The minimum absolute atomic E-state index is 0.0971. The third-order valence-corrected chi connectivity index (χ3v) is 4.11. The van der Waals surface area contributed by atoms with Crippen molar-refractivity contribution in [3.05, 3.63) is 28.5 Å². The molecule has 0 aliphatic heterocycles. The Balaban J connectivity index is 3.05. The molecule has 0 atom stereocenters. The first-order valence-corrected chi connectivity index (χ1v) is 7.36. The molecule has 21 heavy (non-hydrogen) atoms. The van der Waals surface area contributed by atoms with Crippen LogP contribution in [0, 0.1) is 11.2 Å². The highest BCUT2D eigenvalue weighted by molar-refractivity contribution is 7.80. The molecule has 0 saturated carbocycles. The van der Waals surface area contributed by atoms with E-state index in [1.807, 2.05) is 6.92 Å². The third-order valence-electron chi connectivity index (χ3n) is 3.45. The van der Waals surface area contributed by atoms with Gasteiger partial charge in [0.25, 0.3) is 0 Å². The SMILES string of the molecule is CCC(C)(C)C(=O)Nc1cc(CC(=S)OC)c(Cl)cc1F. The summed E-state index contributed by atoms with van der Waals surface area (Å²) >= 11 is 11.0. The van der Waals surface area contributed by atoms with Gasteiger partial charge in [0.2, 0.25) is 5.91 Å². The second-order valence-corrected chi connectivity index (χ2v) is 6.23. The second kappa shape index (κ2) is 7.18. The van der Waals surface area contributed by atoms with Crippen LogP contribution in [0.4, 0.5) is 10.1 Å². The van der Waals surface area contributed by atoms with Gasteiger partial charge in [0.15, 0.2) is 5.05 Å². The molecule has 0 spiro atoms. The average molecular weight is 332 g/mol. The monoisotopic (exact) mass is 331 g/mol. The van der Waals surface area contributed by atoms with Crippen molar-refractivity contribution in [3.8, 4) is 0 Å². The fourth-order valence-electron chi connectivity index (χ4n) is 1.50. The van der Waals surface area contributed by atoms with E-state index in [2.05, 4.69) is 5.32 Å². The number of amides is 1. The van der Waals surface area contributed by atoms with Crippen LogP contribution in [0.15, 0.2) is 12.1 Å². The Kier molecular flexibility index (Phi) is 6.10. The summed E-state index contributed by atoms with van der Waals surface area (Å²) in [6.45, 7) is 5.51. The van der Waals surface area contributed by atoms with Crippen molar-refractivity contribution in [2.75, 3.05) is 12.4 Å². The molecule has 1 N–H and O–H groups in total.